The van der Waals surface area contributed by atoms with E-state index in [0.717, 1.165) is 71.2 Å². The van der Waals surface area contributed by atoms with Gasteiger partial charge in [0.25, 0.3) is 0 Å². The summed E-state index contributed by atoms with van der Waals surface area (Å²) in [5.74, 6) is -0.0786. The van der Waals surface area contributed by atoms with Crippen LogP contribution in [0.1, 0.15) is 60.6 Å². The standard InChI is InChI=1S/C25H27BFN2O3/c1-3-5-15-9-23-25-20(12-29(23)11-17(30)8-16(15)13-32-26-31)19-7-4-6-18-14(2)21(27)10-22(28-25)24(18)19/h9-10,31H,3-8,11-13H2,1-2H3. The molecule has 5 nitrogen and oxygen atoms in total. The van der Waals surface area contributed by atoms with Crippen LogP contribution in [0.25, 0.3) is 16.6 Å². The summed E-state index contributed by atoms with van der Waals surface area (Å²) in [6, 6.07) is 1.57. The van der Waals surface area contributed by atoms with Crippen LogP contribution in [-0.4, -0.2) is 41.5 Å². The van der Waals surface area contributed by atoms with Crippen molar-refractivity contribution in [2.75, 3.05) is 13.2 Å². The van der Waals surface area contributed by atoms with Crippen LogP contribution in [-0.2, 0) is 28.8 Å². The third-order valence-electron chi connectivity index (χ3n) is 7.00. The molecule has 0 atom stereocenters. The van der Waals surface area contributed by atoms with E-state index in [-0.39, 0.29) is 18.2 Å². The summed E-state index contributed by atoms with van der Waals surface area (Å²) in [6.07, 6.45) is 7.03. The molecule has 0 bridgehead atoms. The first-order valence-corrected chi connectivity index (χ1v) is 11.4. The van der Waals surface area contributed by atoms with Gasteiger partial charge in [0.2, 0.25) is 0 Å². The van der Waals surface area contributed by atoms with Crippen LogP contribution in [0.3, 0.4) is 0 Å². The molecule has 1 radical (unpaired) electrons. The fraction of sp³-hybridized carbons (Fsp3) is 0.440. The van der Waals surface area contributed by atoms with Gasteiger partial charge in [0.1, 0.15) is 5.82 Å². The van der Waals surface area contributed by atoms with E-state index in [9.17, 15) is 9.18 Å². The van der Waals surface area contributed by atoms with Gasteiger partial charge in [0.15, 0.2) is 5.78 Å². The number of nitrogens with zero attached hydrogens (tertiary/aromatic N) is 2. The number of Topliss-reactive ketones (excluding diaryl/α,β-unsaturated/α-hetero) is 1. The second-order valence-corrected chi connectivity index (χ2v) is 9.02. The predicted molar refractivity (Wildman–Crippen MR) is 122 cm³/mol. The van der Waals surface area contributed by atoms with Crippen molar-refractivity contribution in [2.45, 2.75) is 58.9 Å². The lowest BCUT2D eigenvalue weighted by Gasteiger charge is -2.24. The molecule has 2 aromatic rings. The van der Waals surface area contributed by atoms with Crippen LogP contribution in [0.4, 0.5) is 4.39 Å². The Morgan fingerprint density at radius 1 is 1.25 bits per heavy atom. The lowest BCUT2D eigenvalue weighted by Crippen LogP contribution is -2.27. The van der Waals surface area contributed by atoms with Crippen LogP contribution in [0.2, 0.25) is 0 Å². The molecule has 5 rings (SSSR count). The molecule has 0 saturated heterocycles. The molecule has 165 valence electrons. The van der Waals surface area contributed by atoms with Crippen molar-refractivity contribution in [3.05, 3.63) is 57.1 Å². The maximum absolute atomic E-state index is 14.7. The highest BCUT2D eigenvalue weighted by molar-refractivity contribution is 6.15. The Balaban J connectivity index is 1.73. The number of benzene rings is 1. The molecule has 1 aromatic heterocycles. The zero-order valence-electron chi connectivity index (χ0n) is 18.6. The van der Waals surface area contributed by atoms with E-state index in [2.05, 4.69) is 17.9 Å². The molecule has 0 fully saturated rings. The topological polar surface area (TPSA) is 62.7 Å². The van der Waals surface area contributed by atoms with Crippen molar-refractivity contribution >= 4 is 30.1 Å². The lowest BCUT2D eigenvalue weighted by molar-refractivity contribution is -0.119. The Morgan fingerprint density at radius 3 is 2.84 bits per heavy atom. The number of rotatable bonds is 5. The minimum atomic E-state index is -0.198. The van der Waals surface area contributed by atoms with Gasteiger partial charge in [-0.05, 0) is 66.5 Å². The number of ketones is 1. The fourth-order valence-electron chi connectivity index (χ4n) is 5.52. The quantitative estimate of drug-likeness (QED) is 0.724. The highest BCUT2D eigenvalue weighted by Gasteiger charge is 2.33. The zero-order valence-corrected chi connectivity index (χ0v) is 18.6. The number of aromatic nitrogens is 1. The van der Waals surface area contributed by atoms with E-state index < -0.39 is 0 Å². The second-order valence-electron chi connectivity index (χ2n) is 9.02. The van der Waals surface area contributed by atoms with Gasteiger partial charge in [0, 0.05) is 30.0 Å². The SMILES string of the molecule is CCCC1=C(CO[B]O)CC(=O)CN2Cc3c(nc4cc(F)c(C)c5c4c3CCC5)C2=C1. The number of fused-ring (bicyclic) bond motifs is 4. The monoisotopic (exact) mass is 433 g/mol. The molecular weight excluding hydrogens is 406 g/mol. The van der Waals surface area contributed by atoms with Gasteiger partial charge < -0.3 is 14.6 Å². The molecule has 3 aliphatic rings. The molecule has 1 N–H and O–H groups in total. The zero-order chi connectivity index (χ0) is 22.4. The number of aryl methyl sites for hydroxylation is 2. The summed E-state index contributed by atoms with van der Waals surface area (Å²) in [4.78, 5) is 20.0. The first kappa shape index (κ1) is 21.3. The first-order valence-electron chi connectivity index (χ1n) is 11.4. The lowest BCUT2D eigenvalue weighted by atomic mass is 9.85. The van der Waals surface area contributed by atoms with E-state index >= 15 is 0 Å². The summed E-state index contributed by atoms with van der Waals surface area (Å²) in [5.41, 5.74) is 8.76. The smallest absolute Gasteiger partial charge is 0.429 e. The predicted octanol–water partition coefficient (Wildman–Crippen LogP) is 3.94. The summed E-state index contributed by atoms with van der Waals surface area (Å²) < 4.78 is 19.8. The maximum Gasteiger partial charge on any atom is 0.485 e. The Hall–Kier alpha value is -2.51. The summed E-state index contributed by atoms with van der Waals surface area (Å²) in [7, 11) is 0.677. The van der Waals surface area contributed by atoms with E-state index in [4.69, 9.17) is 14.7 Å². The number of carbonyl (C=O) groups is 1. The Labute approximate surface area is 188 Å². The molecule has 3 heterocycles. The van der Waals surface area contributed by atoms with Gasteiger partial charge in [-0.1, -0.05) is 13.3 Å². The third kappa shape index (κ3) is 3.48. The van der Waals surface area contributed by atoms with E-state index in [0.29, 0.717) is 32.7 Å². The third-order valence-corrected chi connectivity index (χ3v) is 7.00. The molecule has 0 spiro atoms. The van der Waals surface area contributed by atoms with Crippen molar-refractivity contribution < 1.29 is 18.9 Å². The number of halogens is 1. The minimum Gasteiger partial charge on any atom is -0.429 e. The van der Waals surface area contributed by atoms with Crippen LogP contribution in [0.5, 0.6) is 0 Å². The largest absolute Gasteiger partial charge is 0.485 e. The second kappa shape index (κ2) is 8.45. The van der Waals surface area contributed by atoms with Crippen molar-refractivity contribution in [2.24, 2.45) is 0 Å². The van der Waals surface area contributed by atoms with Gasteiger partial charge in [-0.3, -0.25) is 4.79 Å². The van der Waals surface area contributed by atoms with Gasteiger partial charge in [-0.15, -0.1) is 0 Å². The van der Waals surface area contributed by atoms with Crippen molar-refractivity contribution in [3.8, 4) is 0 Å². The normalized spacial score (nSPS) is 17.8. The van der Waals surface area contributed by atoms with E-state index in [1.165, 1.54) is 11.1 Å². The van der Waals surface area contributed by atoms with E-state index in [1.54, 1.807) is 6.07 Å². The summed E-state index contributed by atoms with van der Waals surface area (Å²) in [6.45, 7) is 5.13. The maximum atomic E-state index is 14.7. The molecule has 0 saturated carbocycles. The van der Waals surface area contributed by atoms with Gasteiger partial charge in [-0.2, -0.15) is 0 Å². The molecule has 32 heavy (non-hydrogen) atoms. The molecule has 2 aliphatic heterocycles. The Bertz CT molecular complexity index is 1190. The highest BCUT2D eigenvalue weighted by Crippen LogP contribution is 2.42. The number of pyridine rings is 1. The highest BCUT2D eigenvalue weighted by atomic mass is 19.1. The van der Waals surface area contributed by atoms with E-state index in [1.807, 2.05) is 6.92 Å². The fourth-order valence-corrected chi connectivity index (χ4v) is 5.52. The Morgan fingerprint density at radius 2 is 2.06 bits per heavy atom. The summed E-state index contributed by atoms with van der Waals surface area (Å²) in [5, 5.41) is 10.1. The van der Waals surface area contributed by atoms with Crippen LogP contribution in [0.15, 0.2) is 23.3 Å². The van der Waals surface area contributed by atoms with Gasteiger partial charge >= 0.3 is 7.69 Å². The van der Waals surface area contributed by atoms with Gasteiger partial charge in [-0.25, -0.2) is 9.37 Å². The number of hydrogen-bond acceptors (Lipinski definition) is 5. The molecule has 0 amide bonds. The van der Waals surface area contributed by atoms with Crippen molar-refractivity contribution in [3.63, 3.8) is 0 Å². The number of carbonyl (C=O) groups excluding carboxylic acids is 1. The number of allylic oxidation sites excluding steroid dienone is 2. The van der Waals surface area contributed by atoms with Crippen molar-refractivity contribution in [1.82, 2.24) is 9.88 Å². The molecular formula is C25H27BFN2O3. The average molecular weight is 433 g/mol. The van der Waals surface area contributed by atoms with Crippen molar-refractivity contribution in [1.29, 1.82) is 0 Å². The minimum absolute atomic E-state index is 0.120. The average Bonchev–Trinajstić information content (AvgIpc) is 3.10. The summed E-state index contributed by atoms with van der Waals surface area (Å²) >= 11 is 0. The van der Waals surface area contributed by atoms with Crippen LogP contribution in [0, 0.1) is 12.7 Å². The van der Waals surface area contributed by atoms with Crippen LogP contribution < -0.4 is 0 Å². The molecule has 1 aromatic carbocycles. The van der Waals surface area contributed by atoms with Gasteiger partial charge in [0.05, 0.1) is 30.1 Å². The molecule has 7 heteroatoms. The first-order chi connectivity index (χ1) is 15.5. The van der Waals surface area contributed by atoms with Crippen LogP contribution >= 0.6 is 0 Å². The molecule has 1 aliphatic carbocycles. The molecule has 0 unspecified atom stereocenters. The number of hydrogen-bond donors (Lipinski definition) is 1. The Kier molecular flexibility index (Phi) is 5.64.